The topological polar surface area (TPSA) is 90.1 Å². The number of thiazole rings is 1. The minimum Gasteiger partial charge on any atom is -0.507 e. The maximum Gasteiger partial charge on any atom is 0.338 e. The molecule has 4 rings (SSSR count). The van der Waals surface area contributed by atoms with E-state index < -0.39 is 12.0 Å². The average Bonchev–Trinajstić information content (AvgIpc) is 3.11. The Hall–Kier alpha value is -3.17. The fraction of sp³-hybridized carbons (Fsp3) is 0.240. The third-order valence-electron chi connectivity index (χ3n) is 5.30. The number of hydrogen-bond acceptors (Lipinski definition) is 7. The van der Waals surface area contributed by atoms with Gasteiger partial charge in [-0.3, -0.25) is 9.36 Å². The maximum atomic E-state index is 13.6. The standard InChI is InChI=1S/C25H23BrN2O5S/c1-4-32-18-9-6-15(7-10-18)22-21(24(31)33-5-2)14(3)27-25-28(22)23(30)20(34-25)13-16-12-17(26)8-11-19(16)29/h6-13,22,29H,4-5H2,1-3H3/b20-13-/t22-/m0/s1. The molecule has 0 bridgehead atoms. The predicted octanol–water partition coefficient (Wildman–Crippen LogP) is 3.67. The number of nitrogens with zero attached hydrogens (tertiary/aromatic N) is 2. The normalized spacial score (nSPS) is 15.6. The van der Waals surface area contributed by atoms with E-state index >= 15 is 0 Å². The molecule has 1 aliphatic rings. The van der Waals surface area contributed by atoms with Crippen LogP contribution in [-0.4, -0.2) is 28.9 Å². The number of aromatic nitrogens is 1. The molecule has 0 fully saturated rings. The number of phenols is 1. The van der Waals surface area contributed by atoms with Gasteiger partial charge in [-0.1, -0.05) is 39.4 Å². The first kappa shape index (κ1) is 24.0. The molecule has 34 heavy (non-hydrogen) atoms. The Labute approximate surface area is 208 Å². The first-order valence-corrected chi connectivity index (χ1v) is 12.4. The highest BCUT2D eigenvalue weighted by Crippen LogP contribution is 2.31. The van der Waals surface area contributed by atoms with Gasteiger partial charge in [0.25, 0.3) is 5.56 Å². The molecule has 2 aromatic carbocycles. The molecule has 0 spiro atoms. The van der Waals surface area contributed by atoms with Crippen LogP contribution in [0.15, 0.2) is 68.0 Å². The van der Waals surface area contributed by atoms with Crippen molar-refractivity contribution in [2.45, 2.75) is 26.8 Å². The Kier molecular flexibility index (Phi) is 7.04. The molecule has 9 heteroatoms. The molecule has 1 atom stereocenters. The van der Waals surface area contributed by atoms with Crippen molar-refractivity contribution in [2.75, 3.05) is 13.2 Å². The molecule has 1 aliphatic heterocycles. The third-order valence-corrected chi connectivity index (χ3v) is 6.78. The summed E-state index contributed by atoms with van der Waals surface area (Å²) < 4.78 is 13.5. The van der Waals surface area contributed by atoms with Gasteiger partial charge in [0.1, 0.15) is 11.5 Å². The lowest BCUT2D eigenvalue weighted by atomic mass is 9.96. The van der Waals surface area contributed by atoms with Crippen LogP contribution in [0.1, 0.15) is 37.9 Å². The van der Waals surface area contributed by atoms with E-state index in [1.54, 1.807) is 38.1 Å². The molecule has 0 radical (unpaired) electrons. The third kappa shape index (κ3) is 4.58. The molecule has 0 amide bonds. The van der Waals surface area contributed by atoms with Crippen LogP contribution in [0, 0.1) is 0 Å². The van der Waals surface area contributed by atoms with E-state index in [4.69, 9.17) is 9.47 Å². The lowest BCUT2D eigenvalue weighted by Crippen LogP contribution is -2.39. The lowest BCUT2D eigenvalue weighted by molar-refractivity contribution is -0.139. The Morgan fingerprint density at radius 1 is 1.21 bits per heavy atom. The summed E-state index contributed by atoms with van der Waals surface area (Å²) in [7, 11) is 0. The summed E-state index contributed by atoms with van der Waals surface area (Å²) in [6, 6.07) is 11.6. The van der Waals surface area contributed by atoms with Crippen molar-refractivity contribution < 1.29 is 19.4 Å². The van der Waals surface area contributed by atoms with Gasteiger partial charge < -0.3 is 14.6 Å². The highest BCUT2D eigenvalue weighted by atomic mass is 79.9. The number of hydrogen-bond donors (Lipinski definition) is 1. The first-order valence-electron chi connectivity index (χ1n) is 10.7. The number of esters is 1. The monoisotopic (exact) mass is 542 g/mol. The lowest BCUT2D eigenvalue weighted by Gasteiger charge is -2.24. The average molecular weight is 543 g/mol. The van der Waals surface area contributed by atoms with Gasteiger partial charge in [-0.2, -0.15) is 0 Å². The number of ether oxygens (including phenoxy) is 2. The van der Waals surface area contributed by atoms with Crippen molar-refractivity contribution in [3.05, 3.63) is 89.0 Å². The summed E-state index contributed by atoms with van der Waals surface area (Å²) in [5.41, 5.74) is 1.74. The summed E-state index contributed by atoms with van der Waals surface area (Å²) in [5, 5.41) is 10.2. The van der Waals surface area contributed by atoms with Gasteiger partial charge in [0.2, 0.25) is 0 Å². The van der Waals surface area contributed by atoms with E-state index in [1.807, 2.05) is 31.2 Å². The van der Waals surface area contributed by atoms with E-state index in [2.05, 4.69) is 20.9 Å². The number of carbonyl (C=O) groups is 1. The van der Waals surface area contributed by atoms with Crippen LogP contribution in [-0.2, 0) is 9.53 Å². The number of phenolic OH excluding ortho intramolecular Hbond substituents is 1. The minimum atomic E-state index is -0.704. The number of halogens is 1. The number of fused-ring (bicyclic) bond motifs is 1. The molecular formula is C25H23BrN2O5S. The van der Waals surface area contributed by atoms with Crippen molar-refractivity contribution in [1.29, 1.82) is 0 Å². The van der Waals surface area contributed by atoms with Gasteiger partial charge in [-0.15, -0.1) is 0 Å². The van der Waals surface area contributed by atoms with Crippen LogP contribution in [0.25, 0.3) is 6.08 Å². The number of carbonyl (C=O) groups excluding carboxylic acids is 1. The van der Waals surface area contributed by atoms with E-state index in [-0.39, 0.29) is 17.9 Å². The molecule has 0 aliphatic carbocycles. The Morgan fingerprint density at radius 3 is 2.62 bits per heavy atom. The van der Waals surface area contributed by atoms with Crippen molar-refractivity contribution in [3.63, 3.8) is 0 Å². The van der Waals surface area contributed by atoms with E-state index in [0.29, 0.717) is 38.5 Å². The predicted molar refractivity (Wildman–Crippen MR) is 134 cm³/mol. The molecule has 1 aromatic heterocycles. The first-order chi connectivity index (χ1) is 16.3. The van der Waals surface area contributed by atoms with Gasteiger partial charge in [0, 0.05) is 10.0 Å². The Bertz CT molecular complexity index is 1450. The van der Waals surface area contributed by atoms with E-state index in [1.165, 1.54) is 15.9 Å². The zero-order valence-electron chi connectivity index (χ0n) is 18.9. The van der Waals surface area contributed by atoms with Crippen molar-refractivity contribution in [3.8, 4) is 11.5 Å². The van der Waals surface area contributed by atoms with Crippen molar-refractivity contribution in [2.24, 2.45) is 4.99 Å². The van der Waals surface area contributed by atoms with Crippen LogP contribution >= 0.6 is 27.3 Å². The Morgan fingerprint density at radius 2 is 1.94 bits per heavy atom. The molecule has 3 aromatic rings. The van der Waals surface area contributed by atoms with Gasteiger partial charge in [0.15, 0.2) is 4.80 Å². The molecule has 7 nitrogen and oxygen atoms in total. The van der Waals surface area contributed by atoms with Gasteiger partial charge >= 0.3 is 5.97 Å². The van der Waals surface area contributed by atoms with Crippen LogP contribution in [0.2, 0.25) is 0 Å². The summed E-state index contributed by atoms with van der Waals surface area (Å²) in [4.78, 5) is 31.6. The minimum absolute atomic E-state index is 0.0560. The van der Waals surface area contributed by atoms with Crippen molar-refractivity contribution in [1.82, 2.24) is 4.57 Å². The van der Waals surface area contributed by atoms with Crippen LogP contribution < -0.4 is 19.6 Å². The molecule has 176 valence electrons. The van der Waals surface area contributed by atoms with E-state index in [0.717, 1.165) is 10.0 Å². The largest absolute Gasteiger partial charge is 0.507 e. The molecule has 2 heterocycles. The second-order valence-electron chi connectivity index (χ2n) is 7.51. The second kappa shape index (κ2) is 9.99. The van der Waals surface area contributed by atoms with Gasteiger partial charge in [-0.25, -0.2) is 9.79 Å². The van der Waals surface area contributed by atoms with E-state index in [9.17, 15) is 14.7 Å². The van der Waals surface area contributed by atoms with Crippen molar-refractivity contribution >= 4 is 39.3 Å². The van der Waals surface area contributed by atoms with Gasteiger partial charge in [-0.05, 0) is 62.7 Å². The maximum absolute atomic E-state index is 13.6. The molecule has 1 N–H and O–H groups in total. The number of benzene rings is 2. The van der Waals surface area contributed by atoms with Crippen LogP contribution in [0.3, 0.4) is 0 Å². The molecule has 0 unspecified atom stereocenters. The van der Waals surface area contributed by atoms with Crippen LogP contribution in [0.4, 0.5) is 0 Å². The smallest absolute Gasteiger partial charge is 0.338 e. The zero-order valence-corrected chi connectivity index (χ0v) is 21.3. The summed E-state index contributed by atoms with van der Waals surface area (Å²) in [6.07, 6.45) is 1.63. The second-order valence-corrected chi connectivity index (χ2v) is 9.43. The quantitative estimate of drug-likeness (QED) is 0.480. The summed E-state index contributed by atoms with van der Waals surface area (Å²) in [5.74, 6) is 0.240. The Balaban J connectivity index is 1.93. The SMILES string of the molecule is CCOC(=O)C1=C(C)N=c2s/c(=C\c3cc(Br)ccc3O)c(=O)n2[C@H]1c1ccc(OCC)cc1. The van der Waals surface area contributed by atoms with Gasteiger partial charge in [0.05, 0.1) is 35.1 Å². The number of rotatable bonds is 6. The molecule has 0 saturated heterocycles. The highest BCUT2D eigenvalue weighted by Gasteiger charge is 2.33. The fourth-order valence-corrected chi connectivity index (χ4v) is 5.22. The number of allylic oxidation sites excluding steroid dienone is 1. The fourth-order valence-electron chi connectivity index (χ4n) is 3.80. The summed E-state index contributed by atoms with van der Waals surface area (Å²) >= 11 is 4.59. The van der Waals surface area contributed by atoms with Crippen LogP contribution in [0.5, 0.6) is 11.5 Å². The molecule has 0 saturated carbocycles. The zero-order chi connectivity index (χ0) is 24.4. The number of aromatic hydroxyl groups is 1. The highest BCUT2D eigenvalue weighted by molar-refractivity contribution is 9.10. The molecular weight excluding hydrogens is 520 g/mol. The summed E-state index contributed by atoms with van der Waals surface area (Å²) in [6.45, 7) is 6.12.